The summed E-state index contributed by atoms with van der Waals surface area (Å²) < 4.78 is 16.3. The van der Waals surface area contributed by atoms with Crippen LogP contribution >= 0.6 is 0 Å². The molecule has 1 aliphatic heterocycles. The maximum absolute atomic E-state index is 13.3. The second-order valence-electron chi connectivity index (χ2n) is 10.6. The van der Waals surface area contributed by atoms with Gasteiger partial charge in [0.05, 0.1) is 21.3 Å². The minimum Gasteiger partial charge on any atom is -0.493 e. The van der Waals surface area contributed by atoms with Crippen molar-refractivity contribution in [1.82, 2.24) is 10.2 Å². The minimum atomic E-state index is -0.178. The van der Waals surface area contributed by atoms with Crippen LogP contribution in [0.1, 0.15) is 74.4 Å². The van der Waals surface area contributed by atoms with E-state index >= 15 is 0 Å². The summed E-state index contributed by atoms with van der Waals surface area (Å²) in [4.78, 5) is 30.3. The number of methoxy groups -OCH3 is 3. The molecule has 3 rings (SSSR count). The summed E-state index contributed by atoms with van der Waals surface area (Å²) in [5.74, 6) is 1.96. The number of nitrogens with one attached hydrogen (secondary N) is 1. The molecule has 0 aromatic heterocycles. The molecular weight excluding hydrogens is 494 g/mol. The lowest BCUT2D eigenvalue weighted by molar-refractivity contribution is -0.116. The molecule has 0 atom stereocenters. The molecule has 0 saturated heterocycles. The highest BCUT2D eigenvalue weighted by Crippen LogP contribution is 2.38. The third-order valence-corrected chi connectivity index (χ3v) is 7.06. The van der Waals surface area contributed by atoms with Crippen LogP contribution in [-0.2, 0) is 17.9 Å². The molecule has 0 fully saturated rings. The third kappa shape index (κ3) is 8.36. The van der Waals surface area contributed by atoms with Gasteiger partial charge in [0, 0.05) is 44.4 Å². The molecular formula is C31H45N3O5. The van der Waals surface area contributed by atoms with Crippen LogP contribution in [0, 0.1) is 5.92 Å². The average Bonchev–Trinajstić information content (AvgIpc) is 2.91. The minimum absolute atomic E-state index is 0.0309. The van der Waals surface area contributed by atoms with E-state index in [0.717, 1.165) is 49.2 Å². The largest absolute Gasteiger partial charge is 0.493 e. The number of anilines is 1. The summed E-state index contributed by atoms with van der Waals surface area (Å²) in [5.41, 5.74) is 3.31. The Hall–Kier alpha value is -3.26. The molecule has 2 aromatic carbocycles. The Morgan fingerprint density at radius 2 is 1.54 bits per heavy atom. The van der Waals surface area contributed by atoms with E-state index in [1.54, 1.807) is 28.3 Å². The molecule has 2 aromatic rings. The number of hydrogen-bond donors (Lipinski definition) is 1. The molecule has 0 unspecified atom stereocenters. The van der Waals surface area contributed by atoms with E-state index in [9.17, 15) is 9.59 Å². The van der Waals surface area contributed by atoms with Crippen LogP contribution in [0.25, 0.3) is 0 Å². The van der Waals surface area contributed by atoms with E-state index < -0.39 is 0 Å². The van der Waals surface area contributed by atoms with Crippen LogP contribution in [0.5, 0.6) is 17.2 Å². The first-order valence-electron chi connectivity index (χ1n) is 14.0. The Balaban J connectivity index is 1.89. The highest BCUT2D eigenvalue weighted by Gasteiger charge is 2.21. The Labute approximate surface area is 233 Å². The van der Waals surface area contributed by atoms with Crippen LogP contribution in [-0.4, -0.2) is 57.7 Å². The van der Waals surface area contributed by atoms with Crippen molar-refractivity contribution < 1.29 is 23.8 Å². The van der Waals surface area contributed by atoms with Crippen molar-refractivity contribution in [3.63, 3.8) is 0 Å². The summed E-state index contributed by atoms with van der Waals surface area (Å²) >= 11 is 0. The van der Waals surface area contributed by atoms with Crippen LogP contribution in [0.15, 0.2) is 30.3 Å². The van der Waals surface area contributed by atoms with Gasteiger partial charge in [0.1, 0.15) is 0 Å². The molecule has 214 valence electrons. The van der Waals surface area contributed by atoms with E-state index in [-0.39, 0.29) is 11.8 Å². The molecule has 0 radical (unpaired) electrons. The molecule has 8 heteroatoms. The number of hydrogen-bond acceptors (Lipinski definition) is 6. The monoisotopic (exact) mass is 539 g/mol. The van der Waals surface area contributed by atoms with Crippen molar-refractivity contribution >= 4 is 17.5 Å². The summed E-state index contributed by atoms with van der Waals surface area (Å²) in [7, 11) is 4.70. The Bertz CT molecular complexity index is 1090. The first kappa shape index (κ1) is 30.3. The Morgan fingerprint density at radius 3 is 2.13 bits per heavy atom. The van der Waals surface area contributed by atoms with Crippen molar-refractivity contribution in [2.75, 3.05) is 45.9 Å². The Kier molecular flexibility index (Phi) is 11.5. The topological polar surface area (TPSA) is 80.3 Å². The number of benzene rings is 2. The van der Waals surface area contributed by atoms with Crippen molar-refractivity contribution in [1.29, 1.82) is 0 Å². The zero-order valence-electron chi connectivity index (χ0n) is 24.5. The molecule has 1 aliphatic rings. The smallest absolute Gasteiger partial charge is 0.251 e. The van der Waals surface area contributed by atoms with Gasteiger partial charge in [-0.05, 0) is 66.8 Å². The normalized spacial score (nSPS) is 15.1. The van der Waals surface area contributed by atoms with Crippen LogP contribution in [0.2, 0.25) is 0 Å². The summed E-state index contributed by atoms with van der Waals surface area (Å²) in [6.45, 7) is 9.75. The van der Waals surface area contributed by atoms with Gasteiger partial charge < -0.3 is 24.4 Å². The number of carbonyl (C=O) groups is 2. The summed E-state index contributed by atoms with van der Waals surface area (Å²) in [6.07, 6.45) is 5.65. The fraction of sp³-hybridized carbons (Fsp3) is 0.548. The van der Waals surface area contributed by atoms with Crippen LogP contribution in [0.3, 0.4) is 0 Å². The first-order valence-corrected chi connectivity index (χ1v) is 14.0. The van der Waals surface area contributed by atoms with Gasteiger partial charge in [0.2, 0.25) is 11.7 Å². The van der Waals surface area contributed by atoms with Crippen molar-refractivity contribution in [2.45, 2.75) is 66.0 Å². The zero-order chi connectivity index (χ0) is 28.4. The molecule has 0 bridgehead atoms. The predicted molar refractivity (Wildman–Crippen MR) is 155 cm³/mol. The standard InChI is InChI=1S/C31H45N3O5/c1-22(2)20-33-14-10-8-7-9-11-15-34(23(3)35)27-13-12-25(18-26(27)21-33)31(36)32-19-24-16-28(37-4)30(39-6)29(17-24)38-5/h12-13,16-18,22H,7-11,14-15,19-21H2,1-6H3,(H,32,36). The molecule has 1 heterocycles. The molecule has 0 saturated carbocycles. The molecule has 0 spiro atoms. The van der Waals surface area contributed by atoms with Gasteiger partial charge >= 0.3 is 0 Å². The van der Waals surface area contributed by atoms with Gasteiger partial charge in [-0.3, -0.25) is 14.5 Å². The lowest BCUT2D eigenvalue weighted by Crippen LogP contribution is -2.34. The van der Waals surface area contributed by atoms with E-state index in [1.807, 2.05) is 35.2 Å². The summed E-state index contributed by atoms with van der Waals surface area (Å²) in [5, 5.41) is 3.02. The van der Waals surface area contributed by atoms with Crippen LogP contribution in [0.4, 0.5) is 5.69 Å². The van der Waals surface area contributed by atoms with Gasteiger partial charge in [-0.2, -0.15) is 0 Å². The van der Waals surface area contributed by atoms with E-state index in [2.05, 4.69) is 24.1 Å². The van der Waals surface area contributed by atoms with Gasteiger partial charge in [-0.1, -0.05) is 33.1 Å². The van der Waals surface area contributed by atoms with Gasteiger partial charge in [0.25, 0.3) is 5.91 Å². The highest BCUT2D eigenvalue weighted by atomic mass is 16.5. The molecule has 1 N–H and O–H groups in total. The molecule has 39 heavy (non-hydrogen) atoms. The number of nitrogens with zero attached hydrogens (tertiary/aromatic N) is 2. The second kappa shape index (κ2) is 14.8. The predicted octanol–water partition coefficient (Wildman–Crippen LogP) is 5.42. The number of carbonyl (C=O) groups excluding carboxylic acids is 2. The highest BCUT2D eigenvalue weighted by molar-refractivity contribution is 5.97. The fourth-order valence-electron chi connectivity index (χ4n) is 5.21. The van der Waals surface area contributed by atoms with Crippen LogP contribution < -0.4 is 24.4 Å². The van der Waals surface area contributed by atoms with Crippen molar-refractivity contribution in [3.8, 4) is 17.2 Å². The molecule has 0 aliphatic carbocycles. The Morgan fingerprint density at radius 1 is 0.897 bits per heavy atom. The number of amides is 2. The first-order chi connectivity index (χ1) is 18.8. The average molecular weight is 540 g/mol. The van der Waals surface area contributed by atoms with Crippen molar-refractivity contribution in [3.05, 3.63) is 47.0 Å². The second-order valence-corrected chi connectivity index (χ2v) is 10.6. The molecule has 8 nitrogen and oxygen atoms in total. The third-order valence-electron chi connectivity index (χ3n) is 7.06. The fourth-order valence-corrected chi connectivity index (χ4v) is 5.21. The maximum atomic E-state index is 13.3. The SMILES string of the molecule is COc1cc(CNC(=O)c2ccc3c(c2)CN(CC(C)C)CCCCCCCN3C(C)=O)cc(OC)c1OC. The van der Waals surface area contributed by atoms with Gasteiger partial charge in [-0.25, -0.2) is 0 Å². The van der Waals surface area contributed by atoms with Gasteiger partial charge in [0.15, 0.2) is 11.5 Å². The van der Waals surface area contributed by atoms with Crippen molar-refractivity contribution in [2.24, 2.45) is 5.92 Å². The van der Waals surface area contributed by atoms with E-state index in [0.29, 0.717) is 48.4 Å². The number of ether oxygens (including phenoxy) is 3. The number of fused-ring (bicyclic) bond motifs is 1. The zero-order valence-corrected chi connectivity index (χ0v) is 24.5. The lowest BCUT2D eigenvalue weighted by atomic mass is 10.0. The molecule has 2 amide bonds. The summed E-state index contributed by atoms with van der Waals surface area (Å²) in [6, 6.07) is 9.36. The number of rotatable bonds is 8. The van der Waals surface area contributed by atoms with Gasteiger partial charge in [-0.15, -0.1) is 0 Å². The van der Waals surface area contributed by atoms with E-state index in [4.69, 9.17) is 14.2 Å². The lowest BCUT2D eigenvalue weighted by Gasteiger charge is -2.30. The maximum Gasteiger partial charge on any atom is 0.251 e. The van der Waals surface area contributed by atoms with E-state index in [1.165, 1.54) is 12.8 Å². The quantitative estimate of drug-likeness (QED) is 0.483.